The van der Waals surface area contributed by atoms with Gasteiger partial charge in [-0.3, -0.25) is 4.90 Å². The average Bonchev–Trinajstić information content (AvgIpc) is 2.55. The van der Waals surface area contributed by atoms with E-state index in [1.807, 2.05) is 18.2 Å². The summed E-state index contributed by atoms with van der Waals surface area (Å²) in [7, 11) is 0. The predicted octanol–water partition coefficient (Wildman–Crippen LogP) is 3.18. The van der Waals surface area contributed by atoms with Gasteiger partial charge in [-0.1, -0.05) is 50.0 Å². The fourth-order valence-electron chi connectivity index (χ4n) is 3.29. The van der Waals surface area contributed by atoms with Crippen molar-refractivity contribution in [3.8, 4) is 0 Å². The molecule has 0 aliphatic carbocycles. The third-order valence-corrected chi connectivity index (χ3v) is 5.15. The number of nitrogens with two attached hydrogens (primary N) is 1. The first-order valence-corrected chi connectivity index (χ1v) is 7.91. The summed E-state index contributed by atoms with van der Waals surface area (Å²) in [5.74, 6) is 0.173. The highest BCUT2D eigenvalue weighted by molar-refractivity contribution is 5.97. The topological polar surface area (TPSA) is 61.8 Å². The monoisotopic (exact) mass is 289 g/mol. The van der Waals surface area contributed by atoms with Crippen LogP contribution in [-0.4, -0.2) is 29.0 Å². The van der Waals surface area contributed by atoms with Gasteiger partial charge in [0, 0.05) is 12.1 Å². The summed E-state index contributed by atoms with van der Waals surface area (Å²) < 4.78 is 0. The van der Waals surface area contributed by atoms with Gasteiger partial charge in [0.2, 0.25) is 0 Å². The quantitative estimate of drug-likeness (QED) is 0.379. The highest BCUT2D eigenvalue weighted by atomic mass is 16.4. The lowest BCUT2D eigenvalue weighted by atomic mass is 9.74. The third kappa shape index (κ3) is 3.76. The second-order valence-electron chi connectivity index (χ2n) is 6.17. The SMILES string of the molecule is CCC1(CC)CCN(Cc2cccc(C(N)=NO)c2)CC1. The van der Waals surface area contributed by atoms with E-state index in [4.69, 9.17) is 10.9 Å². The molecule has 1 heterocycles. The molecule has 116 valence electrons. The first-order valence-electron chi connectivity index (χ1n) is 7.91. The molecule has 1 aliphatic rings. The van der Waals surface area contributed by atoms with Gasteiger partial charge in [-0.05, 0) is 43.0 Å². The van der Waals surface area contributed by atoms with Crippen molar-refractivity contribution in [2.45, 2.75) is 46.1 Å². The Morgan fingerprint density at radius 1 is 1.29 bits per heavy atom. The molecule has 1 saturated heterocycles. The summed E-state index contributed by atoms with van der Waals surface area (Å²) in [6.07, 6.45) is 5.16. The number of hydrogen-bond donors (Lipinski definition) is 2. The van der Waals surface area contributed by atoms with Gasteiger partial charge < -0.3 is 10.9 Å². The number of oxime groups is 1. The maximum Gasteiger partial charge on any atom is 0.170 e. The summed E-state index contributed by atoms with van der Waals surface area (Å²) in [6, 6.07) is 7.95. The van der Waals surface area contributed by atoms with Crippen LogP contribution < -0.4 is 5.73 Å². The molecule has 1 aromatic carbocycles. The zero-order valence-electron chi connectivity index (χ0n) is 13.2. The number of likely N-dealkylation sites (tertiary alicyclic amines) is 1. The Bertz CT molecular complexity index is 485. The Morgan fingerprint density at radius 2 is 1.95 bits per heavy atom. The van der Waals surface area contributed by atoms with E-state index in [0.717, 1.165) is 25.2 Å². The van der Waals surface area contributed by atoms with E-state index in [0.29, 0.717) is 5.41 Å². The van der Waals surface area contributed by atoms with E-state index in [2.05, 4.69) is 30.0 Å². The van der Waals surface area contributed by atoms with Gasteiger partial charge in [-0.25, -0.2) is 0 Å². The molecule has 0 amide bonds. The van der Waals surface area contributed by atoms with Crippen LogP contribution >= 0.6 is 0 Å². The average molecular weight is 289 g/mol. The fraction of sp³-hybridized carbons (Fsp3) is 0.588. The Hall–Kier alpha value is -1.55. The van der Waals surface area contributed by atoms with Crippen LogP contribution in [0.3, 0.4) is 0 Å². The summed E-state index contributed by atoms with van der Waals surface area (Å²) in [4.78, 5) is 2.51. The van der Waals surface area contributed by atoms with Gasteiger partial charge in [-0.15, -0.1) is 0 Å². The van der Waals surface area contributed by atoms with E-state index >= 15 is 0 Å². The maximum absolute atomic E-state index is 8.76. The molecular weight excluding hydrogens is 262 g/mol. The lowest BCUT2D eigenvalue weighted by Gasteiger charge is -2.41. The molecule has 0 bridgehead atoms. The van der Waals surface area contributed by atoms with Crippen LogP contribution in [0.5, 0.6) is 0 Å². The number of hydrogen-bond acceptors (Lipinski definition) is 3. The summed E-state index contributed by atoms with van der Waals surface area (Å²) in [5.41, 5.74) is 8.22. The highest BCUT2D eigenvalue weighted by Gasteiger charge is 2.30. The lowest BCUT2D eigenvalue weighted by molar-refractivity contribution is 0.0909. The smallest absolute Gasteiger partial charge is 0.170 e. The molecule has 1 fully saturated rings. The minimum absolute atomic E-state index is 0.173. The molecule has 3 N–H and O–H groups in total. The van der Waals surface area contributed by atoms with Crippen molar-refractivity contribution in [1.82, 2.24) is 4.90 Å². The van der Waals surface area contributed by atoms with Crippen LogP contribution in [0.2, 0.25) is 0 Å². The summed E-state index contributed by atoms with van der Waals surface area (Å²) >= 11 is 0. The molecule has 2 rings (SSSR count). The Labute approximate surface area is 127 Å². The first kappa shape index (κ1) is 15.8. The number of nitrogens with zero attached hydrogens (tertiary/aromatic N) is 2. The van der Waals surface area contributed by atoms with E-state index < -0.39 is 0 Å². The second kappa shape index (κ2) is 6.94. The zero-order valence-corrected chi connectivity index (χ0v) is 13.2. The number of amidine groups is 1. The van der Waals surface area contributed by atoms with Gasteiger partial charge >= 0.3 is 0 Å². The number of rotatable bonds is 5. The first-order chi connectivity index (χ1) is 10.1. The minimum atomic E-state index is 0.173. The van der Waals surface area contributed by atoms with E-state index in [-0.39, 0.29) is 5.84 Å². The molecule has 1 aliphatic heterocycles. The van der Waals surface area contributed by atoms with Gasteiger partial charge in [0.1, 0.15) is 0 Å². The van der Waals surface area contributed by atoms with Crippen molar-refractivity contribution in [3.63, 3.8) is 0 Å². The molecule has 0 atom stereocenters. The lowest BCUT2D eigenvalue weighted by Crippen LogP contribution is -2.39. The van der Waals surface area contributed by atoms with Crippen LogP contribution in [-0.2, 0) is 6.54 Å². The van der Waals surface area contributed by atoms with Crippen LogP contribution in [0.25, 0.3) is 0 Å². The van der Waals surface area contributed by atoms with Gasteiger partial charge in [0.05, 0.1) is 0 Å². The molecule has 0 radical (unpaired) electrons. The molecule has 21 heavy (non-hydrogen) atoms. The Balaban J connectivity index is 1.98. The zero-order chi connectivity index (χ0) is 15.3. The normalized spacial score (nSPS) is 19.6. The van der Waals surface area contributed by atoms with E-state index in [1.54, 1.807) is 0 Å². The molecule has 4 heteroatoms. The number of benzene rings is 1. The Kier molecular flexibility index (Phi) is 5.23. The molecule has 0 unspecified atom stereocenters. The predicted molar refractivity (Wildman–Crippen MR) is 86.5 cm³/mol. The second-order valence-corrected chi connectivity index (χ2v) is 6.17. The van der Waals surface area contributed by atoms with Crippen LogP contribution in [0, 0.1) is 5.41 Å². The van der Waals surface area contributed by atoms with Crippen LogP contribution in [0.1, 0.15) is 50.7 Å². The van der Waals surface area contributed by atoms with Crippen molar-refractivity contribution in [1.29, 1.82) is 0 Å². The van der Waals surface area contributed by atoms with Crippen molar-refractivity contribution < 1.29 is 5.21 Å². The van der Waals surface area contributed by atoms with E-state index in [9.17, 15) is 0 Å². The molecule has 0 aromatic heterocycles. The Morgan fingerprint density at radius 3 is 2.52 bits per heavy atom. The van der Waals surface area contributed by atoms with E-state index in [1.165, 1.54) is 31.2 Å². The molecule has 0 spiro atoms. The maximum atomic E-state index is 8.76. The molecule has 0 saturated carbocycles. The van der Waals surface area contributed by atoms with Crippen molar-refractivity contribution in [2.24, 2.45) is 16.3 Å². The van der Waals surface area contributed by atoms with Gasteiger partial charge in [-0.2, -0.15) is 0 Å². The highest BCUT2D eigenvalue weighted by Crippen LogP contribution is 2.38. The third-order valence-electron chi connectivity index (χ3n) is 5.15. The standard InChI is InChI=1S/C17H27N3O/c1-3-17(4-2)8-10-20(11-9-17)13-14-6-5-7-15(12-14)16(18)19-21/h5-7,12,21H,3-4,8-11,13H2,1-2H3,(H2,18,19). The van der Waals surface area contributed by atoms with Crippen molar-refractivity contribution in [2.75, 3.05) is 13.1 Å². The number of piperidine rings is 1. The van der Waals surface area contributed by atoms with Gasteiger partial charge in [0.15, 0.2) is 5.84 Å². The largest absolute Gasteiger partial charge is 0.409 e. The van der Waals surface area contributed by atoms with Crippen LogP contribution in [0.4, 0.5) is 0 Å². The molecule has 4 nitrogen and oxygen atoms in total. The molecular formula is C17H27N3O. The van der Waals surface area contributed by atoms with Crippen molar-refractivity contribution in [3.05, 3.63) is 35.4 Å². The van der Waals surface area contributed by atoms with Crippen LogP contribution in [0.15, 0.2) is 29.4 Å². The summed E-state index contributed by atoms with van der Waals surface area (Å²) in [5, 5.41) is 11.8. The minimum Gasteiger partial charge on any atom is -0.409 e. The van der Waals surface area contributed by atoms with Gasteiger partial charge in [0.25, 0.3) is 0 Å². The summed E-state index contributed by atoms with van der Waals surface area (Å²) in [6.45, 7) is 7.90. The molecule has 1 aromatic rings. The fourth-order valence-corrected chi connectivity index (χ4v) is 3.29. The van der Waals surface area contributed by atoms with Crippen molar-refractivity contribution >= 4 is 5.84 Å².